The molecule has 2 aromatic rings. The maximum atomic E-state index is 11.7. The molecule has 0 aliphatic rings. The molecular weight excluding hydrogens is 298 g/mol. The number of carbonyl (C=O) groups excluding carboxylic acids is 1. The van der Waals surface area contributed by atoms with E-state index in [2.05, 4.69) is 15.3 Å². The number of aromatic carboxylic acids is 1. The van der Waals surface area contributed by atoms with Gasteiger partial charge in [0.2, 0.25) is 0 Å². The van der Waals surface area contributed by atoms with Gasteiger partial charge in [-0.25, -0.2) is 14.6 Å². The summed E-state index contributed by atoms with van der Waals surface area (Å²) in [4.78, 5) is 29.5. The molecule has 0 atom stereocenters. The third kappa shape index (κ3) is 4.57. The molecule has 1 aromatic heterocycles. The monoisotopic (exact) mass is 317 g/mol. The zero-order valence-electron chi connectivity index (χ0n) is 13.2. The second kappa shape index (κ2) is 6.51. The fourth-order valence-corrected chi connectivity index (χ4v) is 1.95. The highest BCUT2D eigenvalue weighted by Crippen LogP contribution is 2.21. The Bertz CT molecular complexity index is 716. The van der Waals surface area contributed by atoms with Crippen LogP contribution in [0.4, 0.5) is 4.79 Å². The van der Waals surface area contributed by atoms with Crippen LogP contribution in [0.15, 0.2) is 30.5 Å². The highest BCUT2D eigenvalue weighted by molar-refractivity contribution is 5.86. The Morgan fingerprint density at radius 2 is 2.00 bits per heavy atom. The van der Waals surface area contributed by atoms with Crippen molar-refractivity contribution in [1.82, 2.24) is 15.3 Å². The van der Waals surface area contributed by atoms with Crippen molar-refractivity contribution in [1.29, 1.82) is 0 Å². The Kier molecular flexibility index (Phi) is 4.68. The van der Waals surface area contributed by atoms with Crippen molar-refractivity contribution in [3.8, 4) is 11.4 Å². The number of carboxylic acids is 1. The number of amides is 1. The van der Waals surface area contributed by atoms with E-state index in [1.165, 1.54) is 6.20 Å². The zero-order chi connectivity index (χ0) is 17.0. The molecular formula is C16H19N3O4. The van der Waals surface area contributed by atoms with Gasteiger partial charge in [0.25, 0.3) is 0 Å². The van der Waals surface area contributed by atoms with E-state index in [-0.39, 0.29) is 12.2 Å². The van der Waals surface area contributed by atoms with Crippen LogP contribution in [0.3, 0.4) is 0 Å². The zero-order valence-corrected chi connectivity index (χ0v) is 13.2. The summed E-state index contributed by atoms with van der Waals surface area (Å²) in [5.74, 6) is -0.642. The Balaban J connectivity index is 2.14. The number of nitrogens with one attached hydrogen (secondary N) is 2. The van der Waals surface area contributed by atoms with Gasteiger partial charge >= 0.3 is 12.1 Å². The lowest BCUT2D eigenvalue weighted by atomic mass is 10.1. The van der Waals surface area contributed by atoms with E-state index in [0.29, 0.717) is 5.82 Å². The van der Waals surface area contributed by atoms with Crippen molar-refractivity contribution in [2.24, 2.45) is 0 Å². The molecule has 0 unspecified atom stereocenters. The maximum absolute atomic E-state index is 11.7. The number of rotatable bonds is 4. The van der Waals surface area contributed by atoms with Gasteiger partial charge in [0.15, 0.2) is 0 Å². The molecule has 0 bridgehead atoms. The van der Waals surface area contributed by atoms with Crippen LogP contribution in [0, 0.1) is 0 Å². The minimum Gasteiger partial charge on any atom is -0.477 e. The molecule has 23 heavy (non-hydrogen) atoms. The van der Waals surface area contributed by atoms with Gasteiger partial charge in [-0.2, -0.15) is 0 Å². The van der Waals surface area contributed by atoms with Crippen LogP contribution in [0.2, 0.25) is 0 Å². The smallest absolute Gasteiger partial charge is 0.407 e. The molecule has 0 fully saturated rings. The quantitative estimate of drug-likeness (QED) is 0.804. The largest absolute Gasteiger partial charge is 0.477 e. The van der Waals surface area contributed by atoms with Gasteiger partial charge in [0.05, 0.1) is 6.20 Å². The van der Waals surface area contributed by atoms with Crippen molar-refractivity contribution in [2.75, 3.05) is 0 Å². The molecule has 2 rings (SSSR count). The highest BCUT2D eigenvalue weighted by Gasteiger charge is 2.17. The number of alkyl carbamates (subject to hydrolysis) is 1. The summed E-state index contributed by atoms with van der Waals surface area (Å²) in [7, 11) is 0. The highest BCUT2D eigenvalue weighted by atomic mass is 16.6. The van der Waals surface area contributed by atoms with Crippen LogP contribution in [0.1, 0.15) is 36.8 Å². The fraction of sp³-hybridized carbons (Fsp3) is 0.312. The van der Waals surface area contributed by atoms with Crippen molar-refractivity contribution in [2.45, 2.75) is 32.9 Å². The molecule has 1 aromatic carbocycles. The molecule has 1 heterocycles. The summed E-state index contributed by atoms with van der Waals surface area (Å²) >= 11 is 0. The number of ether oxygens (including phenoxy) is 1. The number of carbonyl (C=O) groups is 2. The predicted octanol–water partition coefficient (Wildman–Crippen LogP) is 2.80. The summed E-state index contributed by atoms with van der Waals surface area (Å²) in [6.45, 7) is 5.61. The number of aromatic amines is 1. The number of carboxylic acid groups (broad SMARTS) is 1. The van der Waals surface area contributed by atoms with Gasteiger partial charge in [0, 0.05) is 12.1 Å². The van der Waals surface area contributed by atoms with Crippen molar-refractivity contribution >= 4 is 12.1 Å². The van der Waals surface area contributed by atoms with E-state index >= 15 is 0 Å². The first-order valence-corrected chi connectivity index (χ1v) is 7.10. The number of hydrogen-bond acceptors (Lipinski definition) is 4. The van der Waals surface area contributed by atoms with E-state index in [4.69, 9.17) is 9.84 Å². The van der Waals surface area contributed by atoms with Gasteiger partial charge in [0.1, 0.15) is 17.1 Å². The Morgan fingerprint density at radius 3 is 2.61 bits per heavy atom. The van der Waals surface area contributed by atoms with Gasteiger partial charge in [-0.3, -0.25) is 0 Å². The molecule has 122 valence electrons. The van der Waals surface area contributed by atoms with E-state index < -0.39 is 17.7 Å². The summed E-state index contributed by atoms with van der Waals surface area (Å²) < 4.78 is 5.19. The molecule has 7 heteroatoms. The molecule has 0 aliphatic heterocycles. The summed E-state index contributed by atoms with van der Waals surface area (Å²) in [6, 6.07) is 7.28. The molecule has 0 saturated carbocycles. The average Bonchev–Trinajstić information content (AvgIpc) is 2.93. The minimum absolute atomic E-state index is 0.00917. The Hall–Kier alpha value is -2.83. The normalized spacial score (nSPS) is 11.1. The average molecular weight is 317 g/mol. The number of nitrogens with zero attached hydrogens (tertiary/aromatic N) is 1. The summed E-state index contributed by atoms with van der Waals surface area (Å²) in [5.41, 5.74) is 0.955. The number of H-pyrrole nitrogens is 1. The molecule has 1 amide bonds. The molecule has 0 saturated heterocycles. The first kappa shape index (κ1) is 16.5. The van der Waals surface area contributed by atoms with Crippen LogP contribution in [-0.2, 0) is 11.3 Å². The van der Waals surface area contributed by atoms with Crippen molar-refractivity contribution in [3.63, 3.8) is 0 Å². The van der Waals surface area contributed by atoms with E-state index in [9.17, 15) is 9.59 Å². The summed E-state index contributed by atoms with van der Waals surface area (Å²) in [6.07, 6.45) is 0.744. The number of aromatic nitrogens is 2. The lowest BCUT2D eigenvalue weighted by Gasteiger charge is -2.20. The van der Waals surface area contributed by atoms with E-state index in [0.717, 1.165) is 11.1 Å². The molecule has 0 radical (unpaired) electrons. The second-order valence-electron chi connectivity index (χ2n) is 5.96. The minimum atomic E-state index is -1.08. The Labute approximate surface area is 133 Å². The third-order valence-corrected chi connectivity index (χ3v) is 2.90. The number of hydrogen-bond donors (Lipinski definition) is 3. The second-order valence-corrected chi connectivity index (χ2v) is 5.96. The topological polar surface area (TPSA) is 104 Å². The lowest BCUT2D eigenvalue weighted by molar-refractivity contribution is 0.0523. The van der Waals surface area contributed by atoms with Gasteiger partial charge in [-0.05, 0) is 26.3 Å². The van der Waals surface area contributed by atoms with Crippen LogP contribution >= 0.6 is 0 Å². The summed E-state index contributed by atoms with van der Waals surface area (Å²) in [5, 5.41) is 11.6. The van der Waals surface area contributed by atoms with Gasteiger partial charge < -0.3 is 20.1 Å². The molecule has 3 N–H and O–H groups in total. The van der Waals surface area contributed by atoms with Crippen molar-refractivity contribution in [3.05, 3.63) is 41.7 Å². The fourth-order valence-electron chi connectivity index (χ4n) is 1.95. The molecule has 0 aliphatic carbocycles. The van der Waals surface area contributed by atoms with E-state index in [1.807, 2.05) is 18.2 Å². The maximum Gasteiger partial charge on any atom is 0.407 e. The Morgan fingerprint density at radius 1 is 1.30 bits per heavy atom. The number of imidazole rings is 1. The van der Waals surface area contributed by atoms with E-state index in [1.54, 1.807) is 26.8 Å². The van der Waals surface area contributed by atoms with Gasteiger partial charge in [-0.1, -0.05) is 24.3 Å². The predicted molar refractivity (Wildman–Crippen MR) is 84.1 cm³/mol. The standard InChI is InChI=1S/C16H19N3O4/c1-16(2,3)23-15(22)18-8-10-6-4-5-7-11(10)13-17-9-12(19-13)14(20)21/h4-7,9H,8H2,1-3H3,(H,17,19)(H,18,22)(H,20,21). The van der Waals surface area contributed by atoms with Crippen LogP contribution in [0.25, 0.3) is 11.4 Å². The van der Waals surface area contributed by atoms with Gasteiger partial charge in [-0.15, -0.1) is 0 Å². The van der Waals surface area contributed by atoms with Crippen LogP contribution in [-0.4, -0.2) is 32.7 Å². The number of benzene rings is 1. The lowest BCUT2D eigenvalue weighted by Crippen LogP contribution is -2.32. The first-order valence-electron chi connectivity index (χ1n) is 7.10. The third-order valence-electron chi connectivity index (χ3n) is 2.90. The molecule has 0 spiro atoms. The SMILES string of the molecule is CC(C)(C)OC(=O)NCc1ccccc1-c1ncc(C(=O)O)[nH]1. The van der Waals surface area contributed by atoms with Crippen molar-refractivity contribution < 1.29 is 19.4 Å². The first-order chi connectivity index (χ1) is 10.8. The van der Waals surface area contributed by atoms with Crippen LogP contribution in [0.5, 0.6) is 0 Å². The van der Waals surface area contributed by atoms with Crippen LogP contribution < -0.4 is 5.32 Å². The molecule has 7 nitrogen and oxygen atoms in total.